The van der Waals surface area contributed by atoms with Gasteiger partial charge in [0, 0.05) is 19.2 Å². The van der Waals surface area contributed by atoms with E-state index in [0.717, 1.165) is 0 Å². The Morgan fingerprint density at radius 1 is 1.41 bits per heavy atom. The monoisotopic (exact) mass is 368 g/mol. The van der Waals surface area contributed by atoms with Crippen LogP contribution in [0.2, 0.25) is 0 Å². The molecule has 6 nitrogen and oxygen atoms in total. The van der Waals surface area contributed by atoms with Gasteiger partial charge in [-0.2, -0.15) is 5.26 Å². The Bertz CT molecular complexity index is 580. The number of nitrogens with zero attached hydrogens (tertiary/aromatic N) is 2. The number of hydrogen-bond donors (Lipinski definition) is 0. The van der Waals surface area contributed by atoms with Crippen LogP contribution in [0.15, 0.2) is 16.6 Å². The minimum Gasteiger partial charge on any atom is -0.490 e. The zero-order valence-electron chi connectivity index (χ0n) is 12.3. The molecule has 1 amide bonds. The molecule has 0 bridgehead atoms. The molecule has 1 aromatic rings. The third kappa shape index (κ3) is 4.12. The zero-order valence-corrected chi connectivity index (χ0v) is 13.9. The summed E-state index contributed by atoms with van der Waals surface area (Å²) in [7, 11) is 0. The van der Waals surface area contributed by atoms with E-state index < -0.39 is 0 Å². The average Bonchev–Trinajstić information content (AvgIpc) is 2.54. The van der Waals surface area contributed by atoms with Gasteiger partial charge >= 0.3 is 0 Å². The summed E-state index contributed by atoms with van der Waals surface area (Å²) in [6.07, 6.45) is 0. The van der Waals surface area contributed by atoms with E-state index in [0.29, 0.717) is 54.4 Å². The van der Waals surface area contributed by atoms with Gasteiger partial charge in [0.05, 0.1) is 35.9 Å². The van der Waals surface area contributed by atoms with Crippen molar-refractivity contribution in [2.75, 3.05) is 39.5 Å². The molecule has 118 valence electrons. The molecular formula is C15H17BrN2O4. The summed E-state index contributed by atoms with van der Waals surface area (Å²) >= 11 is 3.35. The van der Waals surface area contributed by atoms with Crippen molar-refractivity contribution in [3.63, 3.8) is 0 Å². The standard InChI is InChI=1S/C15H17BrN2O4/c1-2-21-13-8-11(9-17)7-12(16)15(13)22-10-14(19)18-3-5-20-6-4-18/h7-8H,2-6,10H2,1H3. The Labute approximate surface area is 137 Å². The second kappa shape index (κ2) is 8.01. The molecule has 1 aliphatic rings. The van der Waals surface area contributed by atoms with E-state index in [1.807, 2.05) is 6.92 Å². The van der Waals surface area contributed by atoms with E-state index in [9.17, 15) is 4.79 Å². The van der Waals surface area contributed by atoms with Gasteiger partial charge in [-0.1, -0.05) is 0 Å². The lowest BCUT2D eigenvalue weighted by atomic mass is 10.2. The molecule has 0 aromatic heterocycles. The van der Waals surface area contributed by atoms with E-state index in [-0.39, 0.29) is 12.5 Å². The molecule has 0 radical (unpaired) electrons. The number of amides is 1. The summed E-state index contributed by atoms with van der Waals surface area (Å²) in [5.74, 6) is 0.785. The Hall–Kier alpha value is -1.78. The van der Waals surface area contributed by atoms with Crippen LogP contribution in [-0.2, 0) is 9.53 Å². The predicted octanol–water partition coefficient (Wildman–Crippen LogP) is 1.96. The number of ether oxygens (including phenoxy) is 3. The van der Waals surface area contributed by atoms with Crippen LogP contribution < -0.4 is 9.47 Å². The molecule has 0 N–H and O–H groups in total. The lowest BCUT2D eigenvalue weighted by molar-refractivity contribution is -0.137. The van der Waals surface area contributed by atoms with Gasteiger partial charge in [-0.05, 0) is 28.9 Å². The van der Waals surface area contributed by atoms with Gasteiger partial charge in [-0.15, -0.1) is 0 Å². The van der Waals surface area contributed by atoms with Crippen LogP contribution in [0, 0.1) is 11.3 Å². The van der Waals surface area contributed by atoms with Crippen LogP contribution in [-0.4, -0.2) is 50.3 Å². The van der Waals surface area contributed by atoms with E-state index in [4.69, 9.17) is 19.5 Å². The van der Waals surface area contributed by atoms with Crippen molar-refractivity contribution in [2.24, 2.45) is 0 Å². The number of nitriles is 1. The number of benzene rings is 1. The summed E-state index contributed by atoms with van der Waals surface area (Å²) in [5.41, 5.74) is 0.460. The average molecular weight is 369 g/mol. The summed E-state index contributed by atoms with van der Waals surface area (Å²) in [6, 6.07) is 5.29. The highest BCUT2D eigenvalue weighted by molar-refractivity contribution is 9.10. The van der Waals surface area contributed by atoms with Crippen molar-refractivity contribution in [3.8, 4) is 17.6 Å². The Morgan fingerprint density at radius 2 is 2.14 bits per heavy atom. The van der Waals surface area contributed by atoms with Crippen LogP contribution in [0.5, 0.6) is 11.5 Å². The maximum atomic E-state index is 12.1. The lowest BCUT2D eigenvalue weighted by Crippen LogP contribution is -2.43. The molecule has 1 saturated heterocycles. The molecule has 0 aliphatic carbocycles. The third-order valence-electron chi connectivity index (χ3n) is 3.14. The maximum absolute atomic E-state index is 12.1. The Balaban J connectivity index is 2.08. The minimum absolute atomic E-state index is 0.0788. The Kier molecular flexibility index (Phi) is 6.04. The first-order valence-electron chi connectivity index (χ1n) is 7.00. The van der Waals surface area contributed by atoms with Crippen LogP contribution in [0.25, 0.3) is 0 Å². The normalized spacial score (nSPS) is 14.3. The number of morpholine rings is 1. The summed E-state index contributed by atoms with van der Waals surface area (Å²) in [6.45, 7) is 4.46. The second-order valence-electron chi connectivity index (χ2n) is 4.61. The zero-order chi connectivity index (χ0) is 15.9. The minimum atomic E-state index is -0.0954. The van der Waals surface area contributed by atoms with Crippen LogP contribution in [0.4, 0.5) is 0 Å². The van der Waals surface area contributed by atoms with E-state index in [1.165, 1.54) is 0 Å². The summed E-state index contributed by atoms with van der Waals surface area (Å²) in [5, 5.41) is 8.99. The molecule has 7 heteroatoms. The second-order valence-corrected chi connectivity index (χ2v) is 5.47. The molecule has 0 spiro atoms. The molecule has 1 fully saturated rings. The van der Waals surface area contributed by atoms with Gasteiger partial charge in [0.2, 0.25) is 0 Å². The topological polar surface area (TPSA) is 71.8 Å². The molecule has 0 saturated carbocycles. The van der Waals surface area contributed by atoms with Crippen LogP contribution in [0.3, 0.4) is 0 Å². The van der Waals surface area contributed by atoms with Crippen molar-refractivity contribution in [1.29, 1.82) is 5.26 Å². The molecule has 1 heterocycles. The largest absolute Gasteiger partial charge is 0.490 e. The fourth-order valence-electron chi connectivity index (χ4n) is 2.07. The van der Waals surface area contributed by atoms with Gasteiger partial charge in [0.25, 0.3) is 5.91 Å². The van der Waals surface area contributed by atoms with Gasteiger partial charge in [0.1, 0.15) is 0 Å². The summed E-state index contributed by atoms with van der Waals surface area (Å²) < 4.78 is 16.9. The summed E-state index contributed by atoms with van der Waals surface area (Å²) in [4.78, 5) is 13.8. The fourth-order valence-corrected chi connectivity index (χ4v) is 2.63. The van der Waals surface area contributed by atoms with Gasteiger partial charge < -0.3 is 19.1 Å². The number of carbonyl (C=O) groups excluding carboxylic acids is 1. The Morgan fingerprint density at radius 3 is 2.77 bits per heavy atom. The van der Waals surface area contributed by atoms with Crippen molar-refractivity contribution in [1.82, 2.24) is 4.90 Å². The van der Waals surface area contributed by atoms with E-state index in [1.54, 1.807) is 17.0 Å². The smallest absolute Gasteiger partial charge is 0.260 e. The van der Waals surface area contributed by atoms with Crippen LogP contribution >= 0.6 is 15.9 Å². The molecule has 2 rings (SSSR count). The van der Waals surface area contributed by atoms with E-state index in [2.05, 4.69) is 22.0 Å². The maximum Gasteiger partial charge on any atom is 0.260 e. The number of rotatable bonds is 5. The number of halogens is 1. The molecule has 1 aliphatic heterocycles. The first-order valence-corrected chi connectivity index (χ1v) is 7.79. The first kappa shape index (κ1) is 16.6. The first-order chi connectivity index (χ1) is 10.7. The third-order valence-corrected chi connectivity index (χ3v) is 3.73. The van der Waals surface area contributed by atoms with Crippen molar-refractivity contribution < 1.29 is 19.0 Å². The lowest BCUT2D eigenvalue weighted by Gasteiger charge is -2.27. The van der Waals surface area contributed by atoms with Gasteiger partial charge in [-0.25, -0.2) is 0 Å². The fraction of sp³-hybridized carbons (Fsp3) is 0.467. The number of carbonyl (C=O) groups is 1. The van der Waals surface area contributed by atoms with Crippen molar-refractivity contribution in [3.05, 3.63) is 22.2 Å². The predicted molar refractivity (Wildman–Crippen MR) is 82.9 cm³/mol. The van der Waals surface area contributed by atoms with Gasteiger partial charge in [0.15, 0.2) is 18.1 Å². The van der Waals surface area contributed by atoms with Crippen molar-refractivity contribution >= 4 is 21.8 Å². The highest BCUT2D eigenvalue weighted by Crippen LogP contribution is 2.36. The molecular weight excluding hydrogens is 352 g/mol. The SMILES string of the molecule is CCOc1cc(C#N)cc(Br)c1OCC(=O)N1CCOCC1. The number of hydrogen-bond acceptors (Lipinski definition) is 5. The van der Waals surface area contributed by atoms with Gasteiger partial charge in [-0.3, -0.25) is 4.79 Å². The molecule has 1 aromatic carbocycles. The highest BCUT2D eigenvalue weighted by Gasteiger charge is 2.19. The quantitative estimate of drug-likeness (QED) is 0.794. The van der Waals surface area contributed by atoms with Crippen molar-refractivity contribution in [2.45, 2.75) is 6.92 Å². The van der Waals surface area contributed by atoms with E-state index >= 15 is 0 Å². The molecule has 22 heavy (non-hydrogen) atoms. The highest BCUT2D eigenvalue weighted by atomic mass is 79.9. The van der Waals surface area contributed by atoms with Crippen LogP contribution in [0.1, 0.15) is 12.5 Å². The molecule has 0 unspecified atom stereocenters. The molecule has 0 atom stereocenters.